The number of carbonyl (C=O) groups is 1. The van der Waals surface area contributed by atoms with Gasteiger partial charge in [-0.1, -0.05) is 71.9 Å². The van der Waals surface area contributed by atoms with Crippen LogP contribution in [-0.2, 0) is 0 Å². The van der Waals surface area contributed by atoms with E-state index in [1.165, 1.54) is 5.56 Å². The van der Waals surface area contributed by atoms with Gasteiger partial charge in [0.05, 0.1) is 11.4 Å². The van der Waals surface area contributed by atoms with E-state index in [1.54, 1.807) is 4.68 Å². The molecule has 0 spiro atoms. The Balaban J connectivity index is 2.29. The van der Waals surface area contributed by atoms with Gasteiger partial charge in [-0.25, -0.2) is 0 Å². The largest absolute Gasteiger partial charge is 0.272 e. The molecule has 2 aromatic rings. The van der Waals surface area contributed by atoms with Crippen molar-refractivity contribution in [2.75, 3.05) is 0 Å². The van der Waals surface area contributed by atoms with Crippen molar-refractivity contribution >= 4 is 5.91 Å². The molecule has 0 amide bonds. The first-order chi connectivity index (χ1) is 11.7. The molecule has 0 unspecified atom stereocenters. The van der Waals surface area contributed by atoms with Crippen molar-refractivity contribution in [3.63, 3.8) is 0 Å². The predicted molar refractivity (Wildman–Crippen MR) is 103 cm³/mol. The van der Waals surface area contributed by atoms with Crippen LogP contribution >= 0.6 is 0 Å². The third-order valence-corrected chi connectivity index (χ3v) is 5.39. The summed E-state index contributed by atoms with van der Waals surface area (Å²) >= 11 is 0. The number of carbonyl (C=O) groups excluding carboxylic acids is 1. The van der Waals surface area contributed by atoms with Gasteiger partial charge in [0.2, 0.25) is 0 Å². The van der Waals surface area contributed by atoms with Crippen LogP contribution in [0, 0.1) is 11.3 Å². The Morgan fingerprint density at radius 3 is 2.36 bits per heavy atom. The Labute approximate surface area is 151 Å². The van der Waals surface area contributed by atoms with E-state index < -0.39 is 5.41 Å². The zero-order valence-corrected chi connectivity index (χ0v) is 16.3. The number of rotatable bonds is 2. The quantitative estimate of drug-likeness (QED) is 0.686. The Kier molecular flexibility index (Phi) is 4.61. The van der Waals surface area contributed by atoms with Crippen LogP contribution in [0.25, 0.3) is 11.3 Å². The van der Waals surface area contributed by atoms with Crippen molar-refractivity contribution in [1.29, 1.82) is 0 Å². The molecule has 3 heteroatoms. The minimum Gasteiger partial charge on any atom is -0.272 e. The van der Waals surface area contributed by atoms with Crippen molar-refractivity contribution in [2.24, 2.45) is 11.3 Å². The fourth-order valence-corrected chi connectivity index (χ4v) is 3.90. The first-order valence-corrected chi connectivity index (χ1v) is 9.44. The number of hydrogen-bond donors (Lipinski definition) is 0. The van der Waals surface area contributed by atoms with Crippen molar-refractivity contribution in [3.05, 3.63) is 41.6 Å². The van der Waals surface area contributed by atoms with Crippen molar-refractivity contribution in [2.45, 2.75) is 66.2 Å². The highest BCUT2D eigenvalue weighted by atomic mass is 16.2. The first-order valence-electron chi connectivity index (χ1n) is 9.44. The third-order valence-electron chi connectivity index (χ3n) is 5.39. The molecule has 0 N–H and O–H groups in total. The molecule has 0 bridgehead atoms. The van der Waals surface area contributed by atoms with Crippen LogP contribution < -0.4 is 0 Å². The molecule has 0 saturated carbocycles. The lowest BCUT2D eigenvalue weighted by Gasteiger charge is -2.28. The topological polar surface area (TPSA) is 34.9 Å². The van der Waals surface area contributed by atoms with Gasteiger partial charge < -0.3 is 0 Å². The van der Waals surface area contributed by atoms with Crippen LogP contribution in [0.2, 0.25) is 0 Å². The summed E-state index contributed by atoms with van der Waals surface area (Å²) in [5.41, 5.74) is 4.06. The van der Waals surface area contributed by atoms with E-state index in [9.17, 15) is 4.79 Å². The van der Waals surface area contributed by atoms with Gasteiger partial charge in [-0.15, -0.1) is 0 Å². The van der Waals surface area contributed by atoms with Crippen LogP contribution in [-0.4, -0.2) is 15.7 Å². The van der Waals surface area contributed by atoms with E-state index in [4.69, 9.17) is 5.10 Å². The van der Waals surface area contributed by atoms with E-state index in [1.807, 2.05) is 39.0 Å². The lowest BCUT2D eigenvalue weighted by molar-refractivity contribution is 0.0750. The second kappa shape index (κ2) is 6.44. The van der Waals surface area contributed by atoms with Crippen LogP contribution in [0.15, 0.2) is 30.3 Å². The number of benzene rings is 1. The summed E-state index contributed by atoms with van der Waals surface area (Å²) in [5.74, 6) is 1.46. The summed E-state index contributed by atoms with van der Waals surface area (Å²) in [5, 5.41) is 4.91. The fourth-order valence-electron chi connectivity index (χ4n) is 3.90. The number of aromatic nitrogens is 2. The second-order valence-electron chi connectivity index (χ2n) is 8.81. The molecular formula is C22H30N2O. The molecule has 1 heterocycles. The number of hydrogen-bond acceptors (Lipinski definition) is 2. The molecule has 1 aliphatic rings. The average Bonchev–Trinajstić information content (AvgIpc) is 2.95. The lowest BCUT2D eigenvalue weighted by atomic mass is 9.75. The van der Waals surface area contributed by atoms with Gasteiger partial charge in [0, 0.05) is 22.5 Å². The summed E-state index contributed by atoms with van der Waals surface area (Å²) in [6, 6.07) is 10.3. The molecule has 0 radical (unpaired) electrons. The van der Waals surface area contributed by atoms with Crippen LogP contribution in [0.1, 0.15) is 82.3 Å². The fraction of sp³-hybridized carbons (Fsp3) is 0.545. The Morgan fingerprint density at radius 1 is 1.16 bits per heavy atom. The summed E-state index contributed by atoms with van der Waals surface area (Å²) in [4.78, 5) is 13.2. The van der Waals surface area contributed by atoms with Gasteiger partial charge in [-0.2, -0.15) is 9.78 Å². The molecule has 3 nitrogen and oxygen atoms in total. The van der Waals surface area contributed by atoms with E-state index in [2.05, 4.69) is 32.9 Å². The van der Waals surface area contributed by atoms with E-state index in [0.29, 0.717) is 17.8 Å². The van der Waals surface area contributed by atoms with Gasteiger partial charge in [0.1, 0.15) is 0 Å². The van der Waals surface area contributed by atoms with Crippen LogP contribution in [0.4, 0.5) is 0 Å². The molecule has 134 valence electrons. The van der Waals surface area contributed by atoms with Crippen molar-refractivity contribution < 1.29 is 4.79 Å². The molecule has 25 heavy (non-hydrogen) atoms. The second-order valence-corrected chi connectivity index (χ2v) is 8.81. The van der Waals surface area contributed by atoms with Gasteiger partial charge in [0.15, 0.2) is 0 Å². The monoisotopic (exact) mass is 338 g/mol. The first kappa shape index (κ1) is 17.9. The average molecular weight is 338 g/mol. The molecule has 1 aliphatic carbocycles. The zero-order chi connectivity index (χ0) is 18.4. The van der Waals surface area contributed by atoms with Gasteiger partial charge >= 0.3 is 0 Å². The standard InChI is InChI=1S/C22H30N2O/c1-14(2)17-13-12-15(3)18-19(17)23-24(21(25)22(4,5)6)20(18)16-10-8-7-9-11-16/h7-11,14-15,17H,12-13H2,1-6H3/t15-,17+/m0/s1. The van der Waals surface area contributed by atoms with E-state index in [0.717, 1.165) is 29.8 Å². The third kappa shape index (κ3) is 3.17. The highest BCUT2D eigenvalue weighted by Crippen LogP contribution is 2.46. The number of fused-ring (bicyclic) bond motifs is 1. The SMILES string of the molecule is CC(C)[C@H]1CC[C@H](C)c2c1nn(C(=O)C(C)(C)C)c2-c1ccccc1. The molecule has 1 aromatic heterocycles. The zero-order valence-electron chi connectivity index (χ0n) is 16.3. The molecule has 0 aliphatic heterocycles. The Bertz CT molecular complexity index is 765. The molecule has 3 rings (SSSR count). The van der Waals surface area contributed by atoms with Crippen LogP contribution in [0.3, 0.4) is 0 Å². The van der Waals surface area contributed by atoms with Crippen molar-refractivity contribution in [3.8, 4) is 11.3 Å². The molecule has 0 saturated heterocycles. The van der Waals surface area contributed by atoms with Crippen LogP contribution in [0.5, 0.6) is 0 Å². The highest BCUT2D eigenvalue weighted by molar-refractivity contribution is 5.88. The minimum absolute atomic E-state index is 0.0652. The summed E-state index contributed by atoms with van der Waals surface area (Å²) in [6.07, 6.45) is 2.31. The summed E-state index contributed by atoms with van der Waals surface area (Å²) in [7, 11) is 0. The van der Waals surface area contributed by atoms with Gasteiger partial charge in [-0.05, 0) is 24.7 Å². The Hall–Kier alpha value is -1.90. The van der Waals surface area contributed by atoms with Crippen molar-refractivity contribution in [1.82, 2.24) is 9.78 Å². The molecule has 1 aromatic carbocycles. The maximum absolute atomic E-state index is 13.2. The summed E-state index contributed by atoms with van der Waals surface area (Å²) < 4.78 is 1.71. The maximum atomic E-state index is 13.2. The molecule has 0 fully saturated rings. The molecular weight excluding hydrogens is 308 g/mol. The highest BCUT2D eigenvalue weighted by Gasteiger charge is 2.37. The maximum Gasteiger partial charge on any atom is 0.252 e. The predicted octanol–water partition coefficient (Wildman–Crippen LogP) is 5.87. The minimum atomic E-state index is -0.464. The number of nitrogens with zero attached hydrogens (tertiary/aromatic N) is 2. The Morgan fingerprint density at radius 2 is 1.80 bits per heavy atom. The normalized spacial score (nSPS) is 20.6. The smallest absolute Gasteiger partial charge is 0.252 e. The lowest BCUT2D eigenvalue weighted by Crippen LogP contribution is -2.28. The van der Waals surface area contributed by atoms with Gasteiger partial charge in [0.25, 0.3) is 5.91 Å². The summed E-state index contributed by atoms with van der Waals surface area (Å²) in [6.45, 7) is 12.7. The van der Waals surface area contributed by atoms with Gasteiger partial charge in [-0.3, -0.25) is 4.79 Å². The van der Waals surface area contributed by atoms with E-state index >= 15 is 0 Å². The molecule has 2 atom stereocenters. The van der Waals surface area contributed by atoms with E-state index in [-0.39, 0.29) is 5.91 Å².